The van der Waals surface area contributed by atoms with Crippen LogP contribution < -0.4 is 5.73 Å². The largest absolute Gasteiger partial charge is 0.480 e. The zero-order valence-electron chi connectivity index (χ0n) is 33.6. The maximum absolute atomic E-state index is 12.6. The fourth-order valence-corrected chi connectivity index (χ4v) is 6.03. The lowest BCUT2D eigenvalue weighted by atomic mass is 10.1. The maximum atomic E-state index is 12.6. The molecule has 0 radical (unpaired) electrons. The average Bonchev–Trinajstić information content (AvgIpc) is 3.14. The average molecular weight is 784 g/mol. The van der Waals surface area contributed by atoms with Crippen molar-refractivity contribution in [3.05, 3.63) is 48.6 Å². The first-order valence-electron chi connectivity index (χ1n) is 20.7. The van der Waals surface area contributed by atoms with Crippen molar-refractivity contribution in [2.45, 2.75) is 180 Å². The summed E-state index contributed by atoms with van der Waals surface area (Å²) in [4.78, 5) is 45.8. The Morgan fingerprint density at radius 1 is 0.574 bits per heavy atom. The van der Waals surface area contributed by atoms with E-state index in [1.165, 1.54) is 64.2 Å². The third-order valence-electron chi connectivity index (χ3n) is 8.55. The molecule has 0 aliphatic rings. The van der Waals surface area contributed by atoms with Gasteiger partial charge in [-0.25, -0.2) is 4.57 Å². The lowest BCUT2D eigenvalue weighted by Crippen LogP contribution is -2.34. The van der Waals surface area contributed by atoms with Gasteiger partial charge in [-0.15, -0.1) is 0 Å². The van der Waals surface area contributed by atoms with Crippen LogP contribution in [0.25, 0.3) is 0 Å². The van der Waals surface area contributed by atoms with E-state index in [4.69, 9.17) is 24.8 Å². The number of nitrogens with two attached hydrogens (primary N) is 1. The van der Waals surface area contributed by atoms with E-state index in [0.29, 0.717) is 19.3 Å². The molecule has 0 amide bonds. The van der Waals surface area contributed by atoms with Crippen LogP contribution in [-0.2, 0) is 37.5 Å². The Labute approximate surface area is 326 Å². The molecule has 3 atom stereocenters. The third-order valence-corrected chi connectivity index (χ3v) is 9.50. The standard InChI is InChI=1S/C42H74NO10P/c1-3-5-7-9-11-13-15-17-18-19-20-22-23-25-27-29-31-33-40(44)50-35-38(36-51-54(48,49)52-37-39(43)42(46)47)53-41(45)34-32-30-28-26-24-21-16-14-12-10-8-6-4-2/h14,16-18,20,22,25,27,38-39H,3-13,15,19,21,23-24,26,28-37,43H2,1-2H3,(H,46,47)(H,48,49)/b16-14+,18-17+,22-20+,27-25+/t38-,39+/m1/s1. The van der Waals surface area contributed by atoms with Gasteiger partial charge in [0, 0.05) is 12.8 Å². The first-order valence-corrected chi connectivity index (χ1v) is 22.2. The molecule has 12 heteroatoms. The lowest BCUT2D eigenvalue weighted by molar-refractivity contribution is -0.161. The summed E-state index contributed by atoms with van der Waals surface area (Å²) in [6, 6.07) is -1.53. The smallest absolute Gasteiger partial charge is 0.472 e. The number of phosphoric ester groups is 1. The number of carbonyl (C=O) groups excluding carboxylic acids is 2. The van der Waals surface area contributed by atoms with Crippen molar-refractivity contribution in [2.75, 3.05) is 19.8 Å². The van der Waals surface area contributed by atoms with E-state index in [9.17, 15) is 23.8 Å². The van der Waals surface area contributed by atoms with Crippen molar-refractivity contribution >= 4 is 25.7 Å². The number of aliphatic carboxylic acids is 1. The zero-order chi connectivity index (χ0) is 40.0. The molecule has 0 heterocycles. The molecule has 4 N–H and O–H groups in total. The fourth-order valence-electron chi connectivity index (χ4n) is 5.25. The van der Waals surface area contributed by atoms with Crippen molar-refractivity contribution in [3.8, 4) is 0 Å². The summed E-state index contributed by atoms with van der Waals surface area (Å²) in [5, 5.41) is 8.87. The number of ether oxygens (including phenoxy) is 2. The van der Waals surface area contributed by atoms with Gasteiger partial charge in [-0.05, 0) is 70.6 Å². The molecule has 0 aromatic rings. The SMILES string of the molecule is CCCCCC/C=C/CCCCCCCC(=O)O[C@H](COC(=O)CCC/C=C/C/C=C/C/C=C/CCCCCCCC)COP(=O)(O)OC[C@H](N)C(=O)O. The number of phosphoric acid groups is 1. The number of esters is 2. The molecule has 0 aromatic carbocycles. The quantitative estimate of drug-likeness (QED) is 0.0235. The molecule has 0 fully saturated rings. The number of hydrogen-bond donors (Lipinski definition) is 3. The maximum Gasteiger partial charge on any atom is 0.472 e. The van der Waals surface area contributed by atoms with E-state index in [1.807, 2.05) is 6.08 Å². The molecule has 0 saturated carbocycles. The highest BCUT2D eigenvalue weighted by Gasteiger charge is 2.28. The van der Waals surface area contributed by atoms with Crippen LogP contribution in [0.15, 0.2) is 48.6 Å². The normalized spacial score (nSPS) is 14.3. The van der Waals surface area contributed by atoms with Crippen molar-refractivity contribution in [3.63, 3.8) is 0 Å². The Morgan fingerprint density at radius 2 is 1.00 bits per heavy atom. The Morgan fingerprint density at radius 3 is 1.56 bits per heavy atom. The first kappa shape index (κ1) is 51.4. The highest BCUT2D eigenvalue weighted by Crippen LogP contribution is 2.43. The Kier molecular flexibility index (Phi) is 35.6. The van der Waals surface area contributed by atoms with Gasteiger partial charge >= 0.3 is 25.7 Å². The summed E-state index contributed by atoms with van der Waals surface area (Å²) in [6.07, 6.45) is 40.4. The summed E-state index contributed by atoms with van der Waals surface area (Å²) in [6.45, 7) is 2.70. The van der Waals surface area contributed by atoms with Crippen LogP contribution in [-0.4, -0.2) is 59.9 Å². The van der Waals surface area contributed by atoms with E-state index < -0.39 is 51.1 Å². The molecule has 0 rings (SSSR count). The highest BCUT2D eigenvalue weighted by atomic mass is 31.2. The van der Waals surface area contributed by atoms with Gasteiger partial charge in [-0.1, -0.05) is 133 Å². The highest BCUT2D eigenvalue weighted by molar-refractivity contribution is 7.47. The summed E-state index contributed by atoms with van der Waals surface area (Å²) < 4.78 is 32.6. The second-order valence-corrected chi connectivity index (χ2v) is 15.2. The number of carbonyl (C=O) groups is 3. The molecule has 0 bridgehead atoms. The topological polar surface area (TPSA) is 172 Å². The Bertz CT molecular complexity index is 1110. The molecule has 54 heavy (non-hydrogen) atoms. The van der Waals surface area contributed by atoms with Crippen LogP contribution in [0.5, 0.6) is 0 Å². The molecule has 1 unspecified atom stereocenters. The van der Waals surface area contributed by atoms with Gasteiger partial charge in [0.25, 0.3) is 0 Å². The van der Waals surface area contributed by atoms with Crippen molar-refractivity contribution in [1.82, 2.24) is 0 Å². The lowest BCUT2D eigenvalue weighted by Gasteiger charge is -2.20. The molecule has 312 valence electrons. The second-order valence-electron chi connectivity index (χ2n) is 13.8. The van der Waals surface area contributed by atoms with Gasteiger partial charge in [0.1, 0.15) is 12.6 Å². The van der Waals surface area contributed by atoms with Gasteiger partial charge < -0.3 is 25.2 Å². The van der Waals surface area contributed by atoms with Crippen molar-refractivity contribution < 1.29 is 47.5 Å². The number of carboxylic acids is 1. The number of rotatable bonds is 38. The van der Waals surface area contributed by atoms with E-state index in [1.54, 1.807) is 0 Å². The summed E-state index contributed by atoms with van der Waals surface area (Å²) in [7, 11) is -4.73. The van der Waals surface area contributed by atoms with Crippen LogP contribution in [0.4, 0.5) is 0 Å². The van der Waals surface area contributed by atoms with Crippen molar-refractivity contribution in [2.24, 2.45) is 5.73 Å². The van der Waals surface area contributed by atoms with E-state index in [0.717, 1.165) is 57.8 Å². The van der Waals surface area contributed by atoms with Crippen LogP contribution in [0, 0.1) is 0 Å². The molecule has 0 aromatic heterocycles. The molecule has 0 aliphatic carbocycles. The van der Waals surface area contributed by atoms with Gasteiger partial charge in [-0.3, -0.25) is 23.4 Å². The predicted molar refractivity (Wildman–Crippen MR) is 217 cm³/mol. The summed E-state index contributed by atoms with van der Waals surface area (Å²) in [5.41, 5.74) is 5.32. The number of allylic oxidation sites excluding steroid dienone is 8. The van der Waals surface area contributed by atoms with Gasteiger partial charge in [0.05, 0.1) is 13.2 Å². The van der Waals surface area contributed by atoms with Crippen LogP contribution in [0.3, 0.4) is 0 Å². The number of carboxylic acid groups (broad SMARTS) is 1. The molecule has 0 saturated heterocycles. The van der Waals surface area contributed by atoms with Crippen molar-refractivity contribution in [1.29, 1.82) is 0 Å². The Balaban J connectivity index is 4.49. The van der Waals surface area contributed by atoms with Gasteiger partial charge in [0.15, 0.2) is 6.10 Å². The minimum absolute atomic E-state index is 0.139. The van der Waals surface area contributed by atoms with Crippen LogP contribution in [0.1, 0.15) is 168 Å². The molecular weight excluding hydrogens is 709 g/mol. The van der Waals surface area contributed by atoms with E-state index in [2.05, 4.69) is 60.9 Å². The van der Waals surface area contributed by atoms with E-state index in [-0.39, 0.29) is 19.4 Å². The van der Waals surface area contributed by atoms with Crippen LogP contribution in [0.2, 0.25) is 0 Å². The molecule has 11 nitrogen and oxygen atoms in total. The zero-order valence-corrected chi connectivity index (χ0v) is 34.4. The first-order chi connectivity index (χ1) is 26.1. The Hall–Kier alpha value is -2.56. The van der Waals surface area contributed by atoms with Gasteiger partial charge in [-0.2, -0.15) is 0 Å². The van der Waals surface area contributed by atoms with Crippen LogP contribution >= 0.6 is 7.82 Å². The predicted octanol–water partition coefficient (Wildman–Crippen LogP) is 10.6. The number of unbranched alkanes of at least 4 members (excludes halogenated alkanes) is 16. The monoisotopic (exact) mass is 784 g/mol. The molecular formula is C42H74NO10P. The minimum atomic E-state index is -4.73. The minimum Gasteiger partial charge on any atom is -0.480 e. The molecule has 0 aliphatic heterocycles. The van der Waals surface area contributed by atoms with E-state index >= 15 is 0 Å². The summed E-state index contributed by atoms with van der Waals surface area (Å²) in [5.74, 6) is -2.46. The fraction of sp³-hybridized carbons (Fsp3) is 0.738. The molecule has 0 spiro atoms. The van der Waals surface area contributed by atoms with Gasteiger partial charge in [0.2, 0.25) is 0 Å². The second kappa shape index (κ2) is 37.4. The third kappa shape index (κ3) is 36.4. The summed E-state index contributed by atoms with van der Waals surface area (Å²) >= 11 is 0. The number of hydrogen-bond acceptors (Lipinski definition) is 9.